The summed E-state index contributed by atoms with van der Waals surface area (Å²) in [5, 5.41) is 3.25. The van der Waals surface area contributed by atoms with Gasteiger partial charge in [-0.2, -0.15) is 0 Å². The number of para-hydroxylation sites is 1. The summed E-state index contributed by atoms with van der Waals surface area (Å²) in [4.78, 5) is 11.7. The fourth-order valence-electron chi connectivity index (χ4n) is 1.60. The van der Waals surface area contributed by atoms with Gasteiger partial charge in [0.05, 0.1) is 23.5 Å². The first kappa shape index (κ1) is 14.4. The number of carbonyl (C=O) groups is 1. The number of rotatable bonds is 6. The maximum absolute atomic E-state index is 11.7. The van der Waals surface area contributed by atoms with Crippen molar-refractivity contribution < 1.29 is 9.53 Å². The molecule has 1 aromatic carbocycles. The fraction of sp³-hybridized carbons (Fsp3) is 0.500. The Hall–Kier alpha value is -1.71. The highest BCUT2D eigenvalue weighted by Crippen LogP contribution is 2.23. The van der Waals surface area contributed by atoms with Crippen LogP contribution in [0.1, 0.15) is 37.6 Å². The van der Waals surface area contributed by atoms with E-state index >= 15 is 0 Å². The summed E-state index contributed by atoms with van der Waals surface area (Å²) in [5.41, 5.74) is 7.64. The van der Waals surface area contributed by atoms with Crippen molar-refractivity contribution in [2.75, 3.05) is 24.2 Å². The van der Waals surface area contributed by atoms with Gasteiger partial charge in [0.2, 0.25) is 0 Å². The van der Waals surface area contributed by atoms with Crippen LogP contribution in [0.25, 0.3) is 0 Å². The van der Waals surface area contributed by atoms with Crippen LogP contribution in [0.4, 0.5) is 11.4 Å². The van der Waals surface area contributed by atoms with E-state index in [4.69, 9.17) is 10.5 Å². The zero-order valence-corrected chi connectivity index (χ0v) is 11.3. The first-order chi connectivity index (χ1) is 8.56. The van der Waals surface area contributed by atoms with E-state index in [2.05, 4.69) is 19.2 Å². The van der Waals surface area contributed by atoms with Gasteiger partial charge in [-0.15, -0.1) is 0 Å². The number of anilines is 2. The van der Waals surface area contributed by atoms with Crippen LogP contribution in [-0.2, 0) is 4.74 Å². The van der Waals surface area contributed by atoms with Crippen LogP contribution in [0.15, 0.2) is 18.2 Å². The van der Waals surface area contributed by atoms with Crippen LogP contribution < -0.4 is 11.1 Å². The van der Waals surface area contributed by atoms with E-state index in [0.29, 0.717) is 23.8 Å². The molecule has 18 heavy (non-hydrogen) atoms. The number of nitrogens with one attached hydrogen (secondary N) is 1. The predicted octanol–water partition coefficient (Wildman–Crippen LogP) is 2.90. The molecule has 0 heterocycles. The average Bonchev–Trinajstić information content (AvgIpc) is 2.31. The first-order valence-corrected chi connectivity index (χ1v) is 6.35. The molecule has 0 saturated carbocycles. The molecule has 0 spiro atoms. The molecule has 0 fully saturated rings. The summed E-state index contributed by atoms with van der Waals surface area (Å²) in [5.74, 6) is 0.259. The average molecular weight is 250 g/mol. The molecule has 4 nitrogen and oxygen atoms in total. The molecule has 0 aliphatic heterocycles. The third-order valence-electron chi connectivity index (χ3n) is 2.64. The van der Waals surface area contributed by atoms with Crippen molar-refractivity contribution >= 4 is 17.3 Å². The SMILES string of the molecule is CCOC(=O)c1cccc(NCCC(C)C)c1N. The molecule has 0 radical (unpaired) electrons. The van der Waals surface area contributed by atoms with Crippen molar-refractivity contribution in [1.29, 1.82) is 0 Å². The topological polar surface area (TPSA) is 64.3 Å². The van der Waals surface area contributed by atoms with Gasteiger partial charge in [0.25, 0.3) is 0 Å². The summed E-state index contributed by atoms with van der Waals surface area (Å²) < 4.78 is 4.96. The van der Waals surface area contributed by atoms with Gasteiger partial charge >= 0.3 is 5.97 Å². The molecule has 4 heteroatoms. The van der Waals surface area contributed by atoms with E-state index < -0.39 is 0 Å². The Balaban J connectivity index is 2.75. The van der Waals surface area contributed by atoms with Crippen molar-refractivity contribution in [2.45, 2.75) is 27.2 Å². The molecule has 100 valence electrons. The van der Waals surface area contributed by atoms with Crippen molar-refractivity contribution in [2.24, 2.45) is 5.92 Å². The highest BCUT2D eigenvalue weighted by Gasteiger charge is 2.13. The summed E-state index contributed by atoms with van der Waals surface area (Å²) >= 11 is 0. The molecular formula is C14H22N2O2. The van der Waals surface area contributed by atoms with E-state index in [-0.39, 0.29) is 5.97 Å². The highest BCUT2D eigenvalue weighted by molar-refractivity contribution is 5.98. The molecule has 0 unspecified atom stereocenters. The number of carbonyl (C=O) groups excluding carboxylic acids is 1. The molecule has 0 atom stereocenters. The third kappa shape index (κ3) is 3.95. The van der Waals surface area contributed by atoms with Gasteiger partial charge in [0.15, 0.2) is 0 Å². The second-order valence-corrected chi connectivity index (χ2v) is 4.60. The number of nitrogens with two attached hydrogens (primary N) is 1. The zero-order valence-electron chi connectivity index (χ0n) is 11.3. The lowest BCUT2D eigenvalue weighted by Crippen LogP contribution is -2.11. The van der Waals surface area contributed by atoms with Gasteiger partial charge in [-0.05, 0) is 31.4 Å². The molecule has 0 aliphatic carbocycles. The van der Waals surface area contributed by atoms with E-state index in [1.807, 2.05) is 6.07 Å². The quantitative estimate of drug-likeness (QED) is 0.602. The van der Waals surface area contributed by atoms with E-state index in [0.717, 1.165) is 18.7 Å². The normalized spacial score (nSPS) is 10.4. The highest BCUT2D eigenvalue weighted by atomic mass is 16.5. The lowest BCUT2D eigenvalue weighted by Gasteiger charge is -2.13. The van der Waals surface area contributed by atoms with Crippen LogP contribution in [0.5, 0.6) is 0 Å². The lowest BCUT2D eigenvalue weighted by atomic mass is 10.1. The minimum atomic E-state index is -0.373. The number of hydrogen-bond donors (Lipinski definition) is 2. The van der Waals surface area contributed by atoms with Crippen LogP contribution in [0.2, 0.25) is 0 Å². The molecule has 0 aliphatic rings. The van der Waals surface area contributed by atoms with Crippen molar-refractivity contribution in [3.8, 4) is 0 Å². The monoisotopic (exact) mass is 250 g/mol. The first-order valence-electron chi connectivity index (χ1n) is 6.35. The largest absolute Gasteiger partial charge is 0.462 e. The molecule has 0 saturated heterocycles. The lowest BCUT2D eigenvalue weighted by molar-refractivity contribution is 0.0527. The van der Waals surface area contributed by atoms with Gasteiger partial charge < -0.3 is 15.8 Å². The van der Waals surface area contributed by atoms with Gasteiger partial charge in [-0.1, -0.05) is 19.9 Å². The Morgan fingerprint density at radius 2 is 2.17 bits per heavy atom. The molecule has 0 bridgehead atoms. The van der Waals surface area contributed by atoms with Crippen molar-refractivity contribution in [1.82, 2.24) is 0 Å². The Morgan fingerprint density at radius 1 is 1.44 bits per heavy atom. The van der Waals surface area contributed by atoms with Gasteiger partial charge in [0, 0.05) is 6.54 Å². The fourth-order valence-corrected chi connectivity index (χ4v) is 1.60. The number of ether oxygens (including phenoxy) is 1. The number of benzene rings is 1. The minimum absolute atomic E-state index is 0.350. The third-order valence-corrected chi connectivity index (χ3v) is 2.64. The molecular weight excluding hydrogens is 228 g/mol. The summed E-state index contributed by atoms with van der Waals surface area (Å²) in [6.07, 6.45) is 1.06. The minimum Gasteiger partial charge on any atom is -0.462 e. The summed E-state index contributed by atoms with van der Waals surface area (Å²) in [7, 11) is 0. The predicted molar refractivity (Wildman–Crippen MR) is 74.8 cm³/mol. The van der Waals surface area contributed by atoms with Crippen LogP contribution >= 0.6 is 0 Å². The standard InChI is InChI=1S/C14H22N2O2/c1-4-18-14(17)11-6-5-7-12(13(11)15)16-9-8-10(2)3/h5-7,10,16H,4,8-9,15H2,1-3H3. The van der Waals surface area contributed by atoms with Gasteiger partial charge in [-0.25, -0.2) is 4.79 Å². The maximum Gasteiger partial charge on any atom is 0.340 e. The molecule has 0 amide bonds. The Bertz CT molecular complexity index is 403. The Kier molecular flexibility index (Phi) is 5.49. The van der Waals surface area contributed by atoms with Crippen LogP contribution in [-0.4, -0.2) is 19.1 Å². The van der Waals surface area contributed by atoms with Gasteiger partial charge in [0.1, 0.15) is 0 Å². The maximum atomic E-state index is 11.7. The number of hydrogen-bond acceptors (Lipinski definition) is 4. The van der Waals surface area contributed by atoms with Crippen LogP contribution in [0, 0.1) is 5.92 Å². The van der Waals surface area contributed by atoms with E-state index in [1.54, 1.807) is 19.1 Å². The summed E-state index contributed by atoms with van der Waals surface area (Å²) in [6.45, 7) is 7.30. The zero-order chi connectivity index (χ0) is 13.5. The Morgan fingerprint density at radius 3 is 2.78 bits per heavy atom. The second kappa shape index (κ2) is 6.89. The van der Waals surface area contributed by atoms with E-state index in [9.17, 15) is 4.79 Å². The molecule has 0 aromatic heterocycles. The van der Waals surface area contributed by atoms with Crippen LogP contribution in [0.3, 0.4) is 0 Å². The number of esters is 1. The Labute approximate surface area is 109 Å². The summed E-state index contributed by atoms with van der Waals surface area (Å²) in [6, 6.07) is 5.36. The molecule has 3 N–H and O–H groups in total. The molecule has 1 rings (SSSR count). The second-order valence-electron chi connectivity index (χ2n) is 4.60. The smallest absolute Gasteiger partial charge is 0.340 e. The van der Waals surface area contributed by atoms with Gasteiger partial charge in [-0.3, -0.25) is 0 Å². The van der Waals surface area contributed by atoms with E-state index in [1.165, 1.54) is 0 Å². The van der Waals surface area contributed by atoms with Crippen molar-refractivity contribution in [3.05, 3.63) is 23.8 Å². The van der Waals surface area contributed by atoms with Crippen molar-refractivity contribution in [3.63, 3.8) is 0 Å². The number of nitrogen functional groups attached to an aromatic ring is 1. The molecule has 1 aromatic rings.